The van der Waals surface area contributed by atoms with E-state index in [-0.39, 0.29) is 0 Å². The molecule has 0 amide bonds. The Kier molecular flexibility index (Phi) is 5.90. The monoisotopic (exact) mass is 177 g/mol. The third kappa shape index (κ3) is 5.45. The second-order valence-corrected chi connectivity index (χ2v) is 2.18. The van der Waals surface area contributed by atoms with Crippen molar-refractivity contribution in [1.82, 2.24) is 0 Å². The summed E-state index contributed by atoms with van der Waals surface area (Å²) in [5, 5.41) is 16.0. The van der Waals surface area contributed by atoms with Gasteiger partial charge in [-0.05, 0) is 12.1 Å². The molecule has 0 aliphatic rings. The SMILES string of the molecule is CCC#N.O=C(O)c1ccccc1. The van der Waals surface area contributed by atoms with Crippen LogP contribution < -0.4 is 0 Å². The normalized spacial score (nSPS) is 7.69. The first-order valence-electron chi connectivity index (χ1n) is 3.87. The second-order valence-electron chi connectivity index (χ2n) is 2.18. The smallest absolute Gasteiger partial charge is 0.335 e. The molecule has 0 unspecified atom stereocenters. The Morgan fingerprint density at radius 3 is 2.15 bits per heavy atom. The fourth-order valence-electron chi connectivity index (χ4n) is 0.581. The van der Waals surface area contributed by atoms with Gasteiger partial charge in [-0.2, -0.15) is 5.26 Å². The van der Waals surface area contributed by atoms with E-state index in [0.717, 1.165) is 0 Å². The number of nitrogens with zero attached hydrogens (tertiary/aromatic N) is 1. The van der Waals surface area contributed by atoms with Crippen molar-refractivity contribution in [2.75, 3.05) is 0 Å². The summed E-state index contributed by atoms with van der Waals surface area (Å²) in [6, 6.07) is 10.2. The molecule has 0 spiro atoms. The van der Waals surface area contributed by atoms with E-state index in [1.54, 1.807) is 30.3 Å². The number of hydrogen-bond donors (Lipinski definition) is 1. The summed E-state index contributed by atoms with van der Waals surface area (Å²) < 4.78 is 0. The van der Waals surface area contributed by atoms with Crippen molar-refractivity contribution in [3.05, 3.63) is 35.9 Å². The molecule has 0 aliphatic carbocycles. The molecule has 0 fully saturated rings. The minimum absolute atomic E-state index is 0.331. The summed E-state index contributed by atoms with van der Waals surface area (Å²) >= 11 is 0. The first kappa shape index (κ1) is 11.2. The Morgan fingerprint density at radius 1 is 1.46 bits per heavy atom. The molecule has 1 rings (SSSR count). The highest BCUT2D eigenvalue weighted by molar-refractivity contribution is 5.87. The number of hydrogen-bond acceptors (Lipinski definition) is 2. The van der Waals surface area contributed by atoms with Crippen molar-refractivity contribution in [1.29, 1.82) is 5.26 Å². The molecule has 0 atom stereocenters. The molecule has 0 aliphatic heterocycles. The quantitative estimate of drug-likeness (QED) is 0.715. The predicted octanol–water partition coefficient (Wildman–Crippen LogP) is 2.30. The molecular formula is C10H11NO2. The number of nitriles is 1. The summed E-state index contributed by atoms with van der Waals surface area (Å²) in [5.41, 5.74) is 0.331. The van der Waals surface area contributed by atoms with E-state index in [1.165, 1.54) is 0 Å². The Bertz CT molecular complexity index is 288. The molecule has 3 nitrogen and oxygen atoms in total. The van der Waals surface area contributed by atoms with Crippen molar-refractivity contribution in [3.63, 3.8) is 0 Å². The van der Waals surface area contributed by atoms with E-state index in [2.05, 4.69) is 0 Å². The van der Waals surface area contributed by atoms with Gasteiger partial charge in [0, 0.05) is 6.42 Å². The lowest BCUT2D eigenvalue weighted by Crippen LogP contribution is -1.93. The summed E-state index contributed by atoms with van der Waals surface area (Å²) in [7, 11) is 0. The Hall–Kier alpha value is -1.82. The van der Waals surface area contributed by atoms with Crippen molar-refractivity contribution in [3.8, 4) is 6.07 Å². The number of aromatic carboxylic acids is 1. The van der Waals surface area contributed by atoms with Gasteiger partial charge < -0.3 is 5.11 Å². The maximum Gasteiger partial charge on any atom is 0.335 e. The van der Waals surface area contributed by atoms with Gasteiger partial charge in [0.1, 0.15) is 0 Å². The molecule has 13 heavy (non-hydrogen) atoms. The molecule has 0 saturated heterocycles. The number of carboxylic acid groups (broad SMARTS) is 1. The molecule has 0 saturated carbocycles. The van der Waals surface area contributed by atoms with Gasteiger partial charge in [0.25, 0.3) is 0 Å². The van der Waals surface area contributed by atoms with E-state index in [9.17, 15) is 4.79 Å². The van der Waals surface area contributed by atoms with Gasteiger partial charge in [-0.25, -0.2) is 4.79 Å². The highest BCUT2D eigenvalue weighted by atomic mass is 16.4. The number of carboxylic acids is 1. The summed E-state index contributed by atoms with van der Waals surface area (Å²) in [6.07, 6.45) is 0.625. The molecule has 0 heterocycles. The topological polar surface area (TPSA) is 61.1 Å². The van der Waals surface area contributed by atoms with Gasteiger partial charge in [0.05, 0.1) is 11.6 Å². The fourth-order valence-corrected chi connectivity index (χ4v) is 0.581. The van der Waals surface area contributed by atoms with Gasteiger partial charge in [0.2, 0.25) is 0 Å². The third-order valence-corrected chi connectivity index (χ3v) is 1.18. The molecule has 0 bridgehead atoms. The highest BCUT2D eigenvalue weighted by Gasteiger charge is 1.96. The van der Waals surface area contributed by atoms with Crippen LogP contribution in [-0.4, -0.2) is 11.1 Å². The summed E-state index contributed by atoms with van der Waals surface area (Å²) in [5.74, 6) is -0.879. The lowest BCUT2D eigenvalue weighted by atomic mass is 10.2. The largest absolute Gasteiger partial charge is 0.478 e. The summed E-state index contributed by atoms with van der Waals surface area (Å²) in [6.45, 7) is 1.82. The van der Waals surface area contributed by atoms with Gasteiger partial charge in [-0.1, -0.05) is 25.1 Å². The van der Waals surface area contributed by atoms with Crippen LogP contribution in [0.5, 0.6) is 0 Å². The first-order chi connectivity index (χ1) is 6.22. The minimum atomic E-state index is -0.879. The molecule has 1 N–H and O–H groups in total. The van der Waals surface area contributed by atoms with Crippen LogP contribution in [0, 0.1) is 11.3 Å². The number of carbonyl (C=O) groups is 1. The summed E-state index contributed by atoms with van der Waals surface area (Å²) in [4.78, 5) is 10.2. The molecule has 68 valence electrons. The van der Waals surface area contributed by atoms with E-state index in [4.69, 9.17) is 10.4 Å². The number of rotatable bonds is 1. The zero-order chi connectivity index (χ0) is 10.1. The minimum Gasteiger partial charge on any atom is -0.478 e. The average molecular weight is 177 g/mol. The van der Waals surface area contributed by atoms with Crippen LogP contribution >= 0.6 is 0 Å². The number of benzene rings is 1. The van der Waals surface area contributed by atoms with Gasteiger partial charge in [-0.15, -0.1) is 0 Å². The zero-order valence-electron chi connectivity index (χ0n) is 7.40. The Morgan fingerprint density at radius 2 is 1.92 bits per heavy atom. The first-order valence-corrected chi connectivity index (χ1v) is 3.87. The van der Waals surface area contributed by atoms with Crippen molar-refractivity contribution in [2.45, 2.75) is 13.3 Å². The van der Waals surface area contributed by atoms with E-state index in [1.807, 2.05) is 13.0 Å². The van der Waals surface area contributed by atoms with Crippen LogP contribution in [0.1, 0.15) is 23.7 Å². The van der Waals surface area contributed by atoms with Crippen LogP contribution in [-0.2, 0) is 0 Å². The maximum atomic E-state index is 10.2. The van der Waals surface area contributed by atoms with Crippen LogP contribution in [0.3, 0.4) is 0 Å². The van der Waals surface area contributed by atoms with E-state index in [0.29, 0.717) is 12.0 Å². The second kappa shape index (κ2) is 6.86. The highest BCUT2D eigenvalue weighted by Crippen LogP contribution is 1.96. The molecule has 0 radical (unpaired) electrons. The standard InChI is InChI=1S/C7H6O2.C3H5N/c8-7(9)6-4-2-1-3-5-6;1-2-3-4/h1-5H,(H,8,9);2H2,1H3. The molecular weight excluding hydrogens is 166 g/mol. The Labute approximate surface area is 77.2 Å². The van der Waals surface area contributed by atoms with Crippen LogP contribution in [0.25, 0.3) is 0 Å². The molecule has 1 aromatic rings. The fraction of sp³-hybridized carbons (Fsp3) is 0.200. The molecule has 1 aromatic carbocycles. The van der Waals surface area contributed by atoms with Gasteiger partial charge in [0.15, 0.2) is 0 Å². The molecule has 0 aromatic heterocycles. The van der Waals surface area contributed by atoms with Crippen molar-refractivity contribution < 1.29 is 9.90 Å². The van der Waals surface area contributed by atoms with Crippen LogP contribution in [0.2, 0.25) is 0 Å². The van der Waals surface area contributed by atoms with Crippen LogP contribution in [0.15, 0.2) is 30.3 Å². The molecule has 3 heteroatoms. The van der Waals surface area contributed by atoms with Gasteiger partial charge in [-0.3, -0.25) is 0 Å². The van der Waals surface area contributed by atoms with E-state index < -0.39 is 5.97 Å². The van der Waals surface area contributed by atoms with E-state index >= 15 is 0 Å². The Balaban J connectivity index is 0.000000310. The van der Waals surface area contributed by atoms with Crippen LogP contribution in [0.4, 0.5) is 0 Å². The maximum absolute atomic E-state index is 10.2. The average Bonchev–Trinajstić information content (AvgIpc) is 2.19. The van der Waals surface area contributed by atoms with Gasteiger partial charge >= 0.3 is 5.97 Å². The van der Waals surface area contributed by atoms with Crippen molar-refractivity contribution >= 4 is 5.97 Å². The lowest BCUT2D eigenvalue weighted by Gasteiger charge is -1.88. The predicted molar refractivity (Wildman–Crippen MR) is 49.3 cm³/mol. The third-order valence-electron chi connectivity index (χ3n) is 1.18. The lowest BCUT2D eigenvalue weighted by molar-refractivity contribution is 0.0697. The van der Waals surface area contributed by atoms with Crippen molar-refractivity contribution in [2.24, 2.45) is 0 Å². The zero-order valence-corrected chi connectivity index (χ0v) is 7.40.